The van der Waals surface area contributed by atoms with E-state index >= 15 is 0 Å². The van der Waals surface area contributed by atoms with E-state index in [-0.39, 0.29) is 5.91 Å². The van der Waals surface area contributed by atoms with Crippen molar-refractivity contribution in [2.45, 2.75) is 38.5 Å². The Labute approximate surface area is 125 Å². The number of anilines is 1. The Bertz CT molecular complexity index is 458. The summed E-state index contributed by atoms with van der Waals surface area (Å²) < 4.78 is 0. The maximum Gasteiger partial charge on any atom is 0.253 e. The van der Waals surface area contributed by atoms with Crippen LogP contribution in [0.4, 0.5) is 5.69 Å². The molecule has 0 unspecified atom stereocenters. The van der Waals surface area contributed by atoms with Crippen molar-refractivity contribution < 1.29 is 4.79 Å². The number of hydrazine groups is 1. The lowest BCUT2D eigenvalue weighted by molar-refractivity contribution is 0.0953. The van der Waals surface area contributed by atoms with Gasteiger partial charge in [-0.15, -0.1) is 0 Å². The number of amides is 1. The number of halogens is 1. The predicted octanol–water partition coefficient (Wildman–Crippen LogP) is 3.33. The van der Waals surface area contributed by atoms with Crippen molar-refractivity contribution in [3.8, 4) is 0 Å². The number of nitrogen functional groups attached to an aromatic ring is 1. The third kappa shape index (κ3) is 4.12. The summed E-state index contributed by atoms with van der Waals surface area (Å²) in [6, 6.07) is 5.03. The number of hydrogen-bond donors (Lipinski definition) is 3. The molecule has 20 heavy (non-hydrogen) atoms. The maximum atomic E-state index is 12.1. The highest BCUT2D eigenvalue weighted by Crippen LogP contribution is 2.28. The van der Waals surface area contributed by atoms with Crippen LogP contribution in [0.3, 0.4) is 0 Å². The molecule has 0 atom stereocenters. The second-order valence-corrected chi connectivity index (χ2v) is 5.82. The number of carbonyl (C=O) groups excluding carboxylic acids is 1. The van der Waals surface area contributed by atoms with Crippen LogP contribution in [-0.2, 0) is 0 Å². The van der Waals surface area contributed by atoms with Gasteiger partial charge >= 0.3 is 0 Å². The highest BCUT2D eigenvalue weighted by molar-refractivity contribution is 6.31. The summed E-state index contributed by atoms with van der Waals surface area (Å²) in [6.45, 7) is 0.700. The SMILES string of the molecule is NNc1ccc(Cl)cc1C(=O)NCCCC1CCCC1. The molecule has 1 aromatic rings. The Morgan fingerprint density at radius 2 is 2.10 bits per heavy atom. The zero-order valence-electron chi connectivity index (χ0n) is 11.6. The average molecular weight is 296 g/mol. The molecule has 1 aromatic carbocycles. The molecule has 4 N–H and O–H groups in total. The van der Waals surface area contributed by atoms with Gasteiger partial charge in [-0.1, -0.05) is 37.3 Å². The molecular weight excluding hydrogens is 274 g/mol. The summed E-state index contributed by atoms with van der Waals surface area (Å²) >= 11 is 5.92. The number of rotatable bonds is 6. The molecule has 0 saturated heterocycles. The van der Waals surface area contributed by atoms with Gasteiger partial charge in [0.05, 0.1) is 11.3 Å². The molecule has 0 spiro atoms. The normalized spacial score (nSPS) is 15.3. The van der Waals surface area contributed by atoms with Gasteiger partial charge in [0.1, 0.15) is 0 Å². The van der Waals surface area contributed by atoms with Gasteiger partial charge in [-0.25, -0.2) is 0 Å². The summed E-state index contributed by atoms with van der Waals surface area (Å²) in [5, 5.41) is 3.46. The Kier molecular flexibility index (Phi) is 5.68. The number of carbonyl (C=O) groups is 1. The number of benzene rings is 1. The Morgan fingerprint density at radius 1 is 1.35 bits per heavy atom. The molecule has 1 amide bonds. The van der Waals surface area contributed by atoms with E-state index in [0.717, 1.165) is 12.3 Å². The van der Waals surface area contributed by atoms with Crippen molar-refractivity contribution in [1.29, 1.82) is 0 Å². The van der Waals surface area contributed by atoms with Crippen molar-refractivity contribution in [3.63, 3.8) is 0 Å². The van der Waals surface area contributed by atoms with Gasteiger partial charge in [0.25, 0.3) is 5.91 Å². The van der Waals surface area contributed by atoms with Crippen LogP contribution in [0.2, 0.25) is 5.02 Å². The van der Waals surface area contributed by atoms with Crippen molar-refractivity contribution in [2.75, 3.05) is 12.0 Å². The predicted molar refractivity (Wildman–Crippen MR) is 82.8 cm³/mol. The lowest BCUT2D eigenvalue weighted by Crippen LogP contribution is -2.26. The standard InChI is InChI=1S/C15H22ClN3O/c16-12-7-8-14(19-17)13(10-12)15(20)18-9-3-6-11-4-1-2-5-11/h7-8,10-11,19H,1-6,9,17H2,(H,18,20). The van der Waals surface area contributed by atoms with Crippen LogP contribution < -0.4 is 16.6 Å². The van der Waals surface area contributed by atoms with Crippen LogP contribution >= 0.6 is 11.6 Å². The molecule has 1 fully saturated rings. The summed E-state index contributed by atoms with van der Waals surface area (Å²) in [4.78, 5) is 12.1. The number of hydrogen-bond acceptors (Lipinski definition) is 3. The Morgan fingerprint density at radius 3 is 2.80 bits per heavy atom. The summed E-state index contributed by atoms with van der Waals surface area (Å²) in [5.74, 6) is 6.13. The van der Waals surface area contributed by atoms with Crippen LogP contribution in [0.15, 0.2) is 18.2 Å². The molecule has 1 aliphatic carbocycles. The van der Waals surface area contributed by atoms with Crippen molar-refractivity contribution in [2.24, 2.45) is 11.8 Å². The third-order valence-electron chi connectivity index (χ3n) is 3.93. The molecule has 4 nitrogen and oxygen atoms in total. The van der Waals surface area contributed by atoms with E-state index in [2.05, 4.69) is 10.7 Å². The molecule has 0 aromatic heterocycles. The van der Waals surface area contributed by atoms with Crippen LogP contribution in [0, 0.1) is 5.92 Å². The van der Waals surface area contributed by atoms with Gasteiger partial charge in [-0.3, -0.25) is 10.6 Å². The first kappa shape index (κ1) is 15.1. The van der Waals surface area contributed by atoms with Crippen LogP contribution in [0.5, 0.6) is 0 Å². The fraction of sp³-hybridized carbons (Fsp3) is 0.533. The van der Waals surface area contributed by atoms with Crippen molar-refractivity contribution in [3.05, 3.63) is 28.8 Å². The molecule has 5 heteroatoms. The highest BCUT2D eigenvalue weighted by atomic mass is 35.5. The zero-order valence-corrected chi connectivity index (χ0v) is 12.4. The Hall–Kier alpha value is -1.26. The molecule has 0 radical (unpaired) electrons. The lowest BCUT2D eigenvalue weighted by atomic mass is 10.0. The van der Waals surface area contributed by atoms with E-state index in [0.29, 0.717) is 22.8 Å². The first-order valence-electron chi connectivity index (χ1n) is 7.25. The minimum absolute atomic E-state index is 0.133. The highest BCUT2D eigenvalue weighted by Gasteiger charge is 2.15. The zero-order chi connectivity index (χ0) is 14.4. The van der Waals surface area contributed by atoms with Crippen molar-refractivity contribution in [1.82, 2.24) is 5.32 Å². The lowest BCUT2D eigenvalue weighted by Gasteiger charge is -2.11. The first-order chi connectivity index (χ1) is 9.70. The van der Waals surface area contributed by atoms with Crippen LogP contribution in [0.25, 0.3) is 0 Å². The quantitative estimate of drug-likeness (QED) is 0.428. The number of nitrogens with one attached hydrogen (secondary N) is 2. The smallest absolute Gasteiger partial charge is 0.253 e. The van der Waals surface area contributed by atoms with Gasteiger partial charge in [0, 0.05) is 11.6 Å². The topological polar surface area (TPSA) is 67.1 Å². The van der Waals surface area contributed by atoms with Gasteiger partial charge in [0.15, 0.2) is 0 Å². The molecule has 0 bridgehead atoms. The summed E-state index contributed by atoms with van der Waals surface area (Å²) in [6.07, 6.45) is 7.67. The molecular formula is C15H22ClN3O. The fourth-order valence-electron chi connectivity index (χ4n) is 2.82. The Balaban J connectivity index is 1.80. The fourth-order valence-corrected chi connectivity index (χ4v) is 2.99. The minimum Gasteiger partial charge on any atom is -0.352 e. The molecule has 0 heterocycles. The number of nitrogens with two attached hydrogens (primary N) is 1. The summed E-state index contributed by atoms with van der Waals surface area (Å²) in [7, 11) is 0. The van der Waals surface area contributed by atoms with Crippen LogP contribution in [0.1, 0.15) is 48.9 Å². The second kappa shape index (κ2) is 7.50. The molecule has 2 rings (SSSR count). The van der Waals surface area contributed by atoms with Crippen LogP contribution in [-0.4, -0.2) is 12.5 Å². The molecule has 1 saturated carbocycles. The van der Waals surface area contributed by atoms with Gasteiger partial charge in [-0.2, -0.15) is 0 Å². The van der Waals surface area contributed by atoms with E-state index < -0.39 is 0 Å². The van der Waals surface area contributed by atoms with E-state index in [4.69, 9.17) is 17.4 Å². The third-order valence-corrected chi connectivity index (χ3v) is 4.17. The van der Waals surface area contributed by atoms with Gasteiger partial charge < -0.3 is 10.7 Å². The van der Waals surface area contributed by atoms with E-state index in [9.17, 15) is 4.79 Å². The second-order valence-electron chi connectivity index (χ2n) is 5.38. The minimum atomic E-state index is -0.133. The van der Waals surface area contributed by atoms with E-state index in [1.165, 1.54) is 32.1 Å². The average Bonchev–Trinajstić information content (AvgIpc) is 2.96. The summed E-state index contributed by atoms with van der Waals surface area (Å²) in [5.41, 5.74) is 3.59. The molecule has 1 aliphatic rings. The monoisotopic (exact) mass is 295 g/mol. The van der Waals surface area contributed by atoms with Gasteiger partial charge in [0.2, 0.25) is 0 Å². The van der Waals surface area contributed by atoms with E-state index in [1.54, 1.807) is 18.2 Å². The van der Waals surface area contributed by atoms with Gasteiger partial charge in [-0.05, 0) is 37.0 Å². The molecule has 110 valence electrons. The largest absolute Gasteiger partial charge is 0.352 e. The molecule has 0 aliphatic heterocycles. The van der Waals surface area contributed by atoms with Crippen molar-refractivity contribution >= 4 is 23.2 Å². The first-order valence-corrected chi connectivity index (χ1v) is 7.63. The van der Waals surface area contributed by atoms with E-state index in [1.807, 2.05) is 0 Å². The maximum absolute atomic E-state index is 12.1.